The Balaban J connectivity index is 0.000000103. The maximum Gasteiger partial charge on any atom is -0.00135 e. The number of allylic oxidation sites excluding steroid dienone is 3. The molecule has 0 spiro atoms. The second kappa shape index (κ2) is 26.7. The summed E-state index contributed by atoms with van der Waals surface area (Å²) in [4.78, 5) is 0. The van der Waals surface area contributed by atoms with E-state index in [1.165, 1.54) is 139 Å². The monoisotopic (exact) mass is 1130 g/mol. The van der Waals surface area contributed by atoms with Crippen LogP contribution in [0, 0.1) is 0 Å². The number of rotatable bonds is 0. The molecule has 424 valence electrons. The Hall–Kier alpha value is -10.7. The first kappa shape index (κ1) is 57.8. The van der Waals surface area contributed by atoms with Gasteiger partial charge in [-0.15, -0.1) is 0 Å². The number of benzene rings is 11. The zero-order valence-corrected chi connectivity index (χ0v) is 50.2. The first-order valence-corrected chi connectivity index (χ1v) is 30.6. The summed E-state index contributed by atoms with van der Waals surface area (Å²) in [5.41, 5.74) is 36.2. The van der Waals surface area contributed by atoms with Crippen LogP contribution in [0.25, 0.3) is 62.8 Å². The van der Waals surface area contributed by atoms with E-state index in [2.05, 4.69) is 331 Å². The summed E-state index contributed by atoms with van der Waals surface area (Å²) in [5, 5.41) is 0. The fourth-order valence-electron chi connectivity index (χ4n) is 12.9. The van der Waals surface area contributed by atoms with Gasteiger partial charge >= 0.3 is 0 Å². The van der Waals surface area contributed by atoms with Crippen molar-refractivity contribution >= 4 is 51.7 Å². The summed E-state index contributed by atoms with van der Waals surface area (Å²) in [5.74, 6) is 0. The summed E-state index contributed by atoms with van der Waals surface area (Å²) in [7, 11) is 0. The Morgan fingerprint density at radius 3 is 0.909 bits per heavy atom. The minimum atomic E-state index is 0.979. The molecule has 17 rings (SSSR count). The number of hydrogen-bond acceptors (Lipinski definition) is 0. The molecule has 0 nitrogen and oxygen atoms in total. The van der Waals surface area contributed by atoms with Crippen LogP contribution < -0.4 is 0 Å². The molecule has 0 N–H and O–H groups in total. The smallest absolute Gasteiger partial charge is 0.00135 e. The maximum absolute atomic E-state index is 4.26. The van der Waals surface area contributed by atoms with Crippen molar-refractivity contribution in [3.8, 4) is 11.1 Å². The van der Waals surface area contributed by atoms with Crippen molar-refractivity contribution in [2.45, 2.75) is 38.5 Å². The van der Waals surface area contributed by atoms with Gasteiger partial charge in [-0.1, -0.05) is 331 Å². The van der Waals surface area contributed by atoms with Gasteiger partial charge in [0, 0.05) is 0 Å². The molecule has 0 radical (unpaired) electrons. The van der Waals surface area contributed by atoms with Crippen LogP contribution in [0.3, 0.4) is 0 Å². The first-order valence-electron chi connectivity index (χ1n) is 30.6. The molecule has 0 atom stereocenters. The third-order valence-corrected chi connectivity index (χ3v) is 17.5. The van der Waals surface area contributed by atoms with Gasteiger partial charge in [-0.25, -0.2) is 0 Å². The lowest BCUT2D eigenvalue weighted by molar-refractivity contribution is 0.965. The summed E-state index contributed by atoms with van der Waals surface area (Å²) >= 11 is 0. The van der Waals surface area contributed by atoms with Gasteiger partial charge < -0.3 is 0 Å². The summed E-state index contributed by atoms with van der Waals surface area (Å²) in [6, 6.07) is 93.5. The Morgan fingerprint density at radius 2 is 0.466 bits per heavy atom. The molecule has 0 amide bonds. The fourth-order valence-corrected chi connectivity index (χ4v) is 12.9. The van der Waals surface area contributed by atoms with Crippen LogP contribution in [-0.2, 0) is 32.1 Å². The van der Waals surface area contributed by atoms with Gasteiger partial charge in [-0.3, -0.25) is 0 Å². The molecule has 0 saturated heterocycles. The lowest BCUT2D eigenvalue weighted by atomic mass is 9.83. The van der Waals surface area contributed by atoms with Gasteiger partial charge in [0.15, 0.2) is 0 Å². The molecule has 0 saturated carbocycles. The third kappa shape index (κ3) is 12.5. The molecule has 0 heterocycles. The SMILES string of the molecule is C=C1CC=Cc2ccccc21.C=C1Cc2ccccc2Cc2ccccc21.C=C1c2ccccc2-c2ccccc21.C=C1c2ccccc2C=Cc2ccccc21.C=C1c2ccccc2CCc2ccccc21.C=C1c2ccccc2Cc2ccccc21. The predicted molar refractivity (Wildman–Crippen MR) is 380 cm³/mol. The maximum atomic E-state index is 4.26. The Kier molecular flexibility index (Phi) is 17.5. The number of hydrogen-bond donors (Lipinski definition) is 0. The quantitative estimate of drug-likeness (QED) is 0.142. The molecule has 0 fully saturated rings. The number of fused-ring (bicyclic) bond motifs is 12. The van der Waals surface area contributed by atoms with E-state index in [-0.39, 0.29) is 0 Å². The molecule has 0 aliphatic heterocycles. The molecule has 11 aromatic rings. The van der Waals surface area contributed by atoms with Crippen molar-refractivity contribution in [1.82, 2.24) is 0 Å². The van der Waals surface area contributed by atoms with Crippen molar-refractivity contribution in [1.29, 1.82) is 0 Å². The van der Waals surface area contributed by atoms with Crippen LogP contribution in [0.15, 0.2) is 312 Å². The molecule has 0 unspecified atom stereocenters. The molecular weight excluding hydrogens is 1060 g/mol. The van der Waals surface area contributed by atoms with E-state index in [9.17, 15) is 0 Å². The zero-order valence-electron chi connectivity index (χ0n) is 50.2. The Morgan fingerprint density at radius 1 is 0.193 bits per heavy atom. The van der Waals surface area contributed by atoms with Crippen LogP contribution in [-0.4, -0.2) is 0 Å². The zero-order chi connectivity index (χ0) is 60.3. The van der Waals surface area contributed by atoms with Gasteiger partial charge in [0.25, 0.3) is 0 Å². The third-order valence-electron chi connectivity index (χ3n) is 17.5. The molecule has 0 aromatic heterocycles. The predicted octanol–water partition coefficient (Wildman–Crippen LogP) is 22.4. The van der Waals surface area contributed by atoms with E-state index >= 15 is 0 Å². The summed E-state index contributed by atoms with van der Waals surface area (Å²) < 4.78 is 0. The lowest BCUT2D eigenvalue weighted by Gasteiger charge is -2.21. The highest BCUT2D eigenvalue weighted by Gasteiger charge is 2.21. The second-order valence-electron chi connectivity index (χ2n) is 23.0. The highest BCUT2D eigenvalue weighted by Crippen LogP contribution is 2.43. The summed E-state index contributed by atoms with van der Waals surface area (Å²) in [6.45, 7) is 25.0. The van der Waals surface area contributed by atoms with Gasteiger partial charge in [0.05, 0.1) is 0 Å². The van der Waals surface area contributed by atoms with Crippen LogP contribution in [0.1, 0.15) is 118 Å². The first-order chi connectivity index (χ1) is 43.2. The van der Waals surface area contributed by atoms with Crippen LogP contribution >= 0.6 is 0 Å². The molecule has 0 bridgehead atoms. The molecule has 6 aliphatic rings. The van der Waals surface area contributed by atoms with Crippen molar-refractivity contribution in [3.05, 3.63) is 424 Å². The highest BCUT2D eigenvalue weighted by atomic mass is 14.3. The average molecular weight is 1130 g/mol. The van der Waals surface area contributed by atoms with E-state index in [1.807, 2.05) is 0 Å². The molecule has 11 aromatic carbocycles. The van der Waals surface area contributed by atoms with E-state index in [4.69, 9.17) is 0 Å². The van der Waals surface area contributed by atoms with Gasteiger partial charge in [-0.05, 0) is 194 Å². The van der Waals surface area contributed by atoms with E-state index in [0.717, 1.165) is 55.2 Å². The van der Waals surface area contributed by atoms with Gasteiger partial charge in [0.1, 0.15) is 0 Å². The molecule has 0 heteroatoms. The molecular formula is C88H72. The van der Waals surface area contributed by atoms with E-state index in [1.54, 1.807) is 0 Å². The van der Waals surface area contributed by atoms with Crippen LogP contribution in [0.2, 0.25) is 0 Å². The highest BCUT2D eigenvalue weighted by molar-refractivity contribution is 6.00. The standard InChI is InChI=1S/C16H14.C16H12.C16H14.C15H12.C14H10.C11H10/c2*1-12-15-8-4-2-6-13(15)10-11-14-7-3-5-9-16(12)14;1-12-10-13-6-2-3-7-14(13)11-15-8-4-5-9-16(12)15;1-11-14-8-4-2-6-12(14)10-13-7-3-5-9-15(11)13;1-10-11-6-2-4-8-13(11)14-9-5-3-7-12(10)14;1-9-5-4-7-10-6-2-3-8-11(9)10/h2-9H,1,10-11H2;2-11H,1H2;2-9H,1,10-11H2;2-9H,1,10H2;2-9H,1H2;2-4,6-8H,1,5H2. The van der Waals surface area contributed by atoms with Crippen molar-refractivity contribution in [2.24, 2.45) is 0 Å². The minimum absolute atomic E-state index is 0.979. The van der Waals surface area contributed by atoms with Crippen molar-refractivity contribution < 1.29 is 0 Å². The largest absolute Gasteiger partial charge is 0.0949 e. The van der Waals surface area contributed by atoms with Crippen LogP contribution in [0.5, 0.6) is 0 Å². The lowest BCUT2D eigenvalue weighted by Crippen LogP contribution is -2.05. The Labute approximate surface area is 522 Å². The average Bonchev–Trinajstić information content (AvgIpc) is 2.74. The summed E-state index contributed by atoms with van der Waals surface area (Å²) in [6.07, 6.45) is 14.9. The number of aryl methyl sites for hydroxylation is 2. The fraction of sp³-hybridized carbons (Fsp3) is 0.0682. The van der Waals surface area contributed by atoms with E-state index in [0.29, 0.717) is 0 Å². The van der Waals surface area contributed by atoms with Crippen molar-refractivity contribution in [3.63, 3.8) is 0 Å². The van der Waals surface area contributed by atoms with Crippen molar-refractivity contribution in [2.75, 3.05) is 0 Å². The topological polar surface area (TPSA) is 0 Å². The van der Waals surface area contributed by atoms with Gasteiger partial charge in [-0.2, -0.15) is 0 Å². The Bertz CT molecular complexity index is 4360. The van der Waals surface area contributed by atoms with Crippen LogP contribution in [0.4, 0.5) is 0 Å². The second-order valence-corrected chi connectivity index (χ2v) is 23.0. The van der Waals surface area contributed by atoms with Gasteiger partial charge in [0.2, 0.25) is 0 Å². The molecule has 6 aliphatic carbocycles. The van der Waals surface area contributed by atoms with E-state index < -0.39 is 0 Å². The minimum Gasteiger partial charge on any atom is -0.0949 e. The molecule has 88 heavy (non-hydrogen) atoms. The normalized spacial score (nSPS) is 13.5.